The van der Waals surface area contributed by atoms with Crippen molar-refractivity contribution in [1.82, 2.24) is 9.78 Å². The minimum atomic E-state index is -0.174. The molecule has 0 radical (unpaired) electrons. The second-order valence-electron chi connectivity index (χ2n) is 5.09. The van der Waals surface area contributed by atoms with Gasteiger partial charge in [0.05, 0.1) is 25.5 Å². The second-order valence-corrected chi connectivity index (χ2v) is 5.09. The lowest BCUT2D eigenvalue weighted by molar-refractivity contribution is 0.102. The Balaban J connectivity index is 1.65. The zero-order chi connectivity index (χ0) is 16.1. The van der Waals surface area contributed by atoms with Crippen LogP contribution < -0.4 is 10.1 Å². The fourth-order valence-corrected chi connectivity index (χ4v) is 2.23. The third-order valence-electron chi connectivity index (χ3n) is 3.43. The number of benzene rings is 2. The number of hydrogen-bond acceptors (Lipinski definition) is 3. The van der Waals surface area contributed by atoms with E-state index in [4.69, 9.17) is 4.74 Å². The number of carbonyl (C=O) groups is 1. The van der Waals surface area contributed by atoms with Crippen molar-refractivity contribution in [3.8, 4) is 5.75 Å². The maximum atomic E-state index is 12.2. The molecular formula is C18H17N3O2. The molecule has 0 fully saturated rings. The molecule has 1 amide bonds. The summed E-state index contributed by atoms with van der Waals surface area (Å²) in [7, 11) is 1.59. The van der Waals surface area contributed by atoms with Gasteiger partial charge in [-0.25, -0.2) is 0 Å². The van der Waals surface area contributed by atoms with E-state index in [1.807, 2.05) is 36.5 Å². The van der Waals surface area contributed by atoms with Crippen molar-refractivity contribution in [2.24, 2.45) is 0 Å². The highest BCUT2D eigenvalue weighted by Gasteiger charge is 2.08. The van der Waals surface area contributed by atoms with Crippen LogP contribution in [0.4, 0.5) is 5.69 Å². The molecule has 23 heavy (non-hydrogen) atoms. The lowest BCUT2D eigenvalue weighted by Gasteiger charge is -2.04. The number of amides is 1. The van der Waals surface area contributed by atoms with E-state index in [9.17, 15) is 4.79 Å². The second kappa shape index (κ2) is 6.79. The van der Waals surface area contributed by atoms with E-state index in [1.165, 1.54) is 0 Å². The molecule has 0 aliphatic carbocycles. The Kier molecular flexibility index (Phi) is 4.38. The number of anilines is 1. The van der Waals surface area contributed by atoms with E-state index in [-0.39, 0.29) is 5.91 Å². The summed E-state index contributed by atoms with van der Waals surface area (Å²) in [5, 5.41) is 7.11. The van der Waals surface area contributed by atoms with Gasteiger partial charge in [0.25, 0.3) is 5.91 Å². The van der Waals surface area contributed by atoms with E-state index in [2.05, 4.69) is 10.4 Å². The molecule has 5 nitrogen and oxygen atoms in total. The molecular weight excluding hydrogens is 290 g/mol. The van der Waals surface area contributed by atoms with Crippen molar-refractivity contribution < 1.29 is 9.53 Å². The van der Waals surface area contributed by atoms with Crippen LogP contribution in [-0.2, 0) is 6.54 Å². The molecule has 0 atom stereocenters. The molecule has 0 spiro atoms. The molecule has 1 N–H and O–H groups in total. The number of methoxy groups -OCH3 is 1. The summed E-state index contributed by atoms with van der Waals surface area (Å²) in [5.41, 5.74) is 2.40. The van der Waals surface area contributed by atoms with Crippen molar-refractivity contribution in [2.45, 2.75) is 6.54 Å². The third kappa shape index (κ3) is 3.77. The van der Waals surface area contributed by atoms with Gasteiger partial charge in [-0.3, -0.25) is 9.48 Å². The smallest absolute Gasteiger partial charge is 0.255 e. The normalized spacial score (nSPS) is 10.3. The van der Waals surface area contributed by atoms with E-state index in [0.717, 1.165) is 11.3 Å². The minimum Gasteiger partial charge on any atom is -0.497 e. The van der Waals surface area contributed by atoms with Gasteiger partial charge in [-0.15, -0.1) is 0 Å². The number of rotatable bonds is 5. The summed E-state index contributed by atoms with van der Waals surface area (Å²) in [4.78, 5) is 12.2. The Morgan fingerprint density at radius 2 is 1.87 bits per heavy atom. The molecule has 3 rings (SSSR count). The minimum absolute atomic E-state index is 0.174. The first kappa shape index (κ1) is 14.8. The van der Waals surface area contributed by atoms with Crippen LogP contribution in [0.15, 0.2) is 67.0 Å². The van der Waals surface area contributed by atoms with E-state index < -0.39 is 0 Å². The predicted octanol–water partition coefficient (Wildman–Crippen LogP) is 3.19. The Hall–Kier alpha value is -3.08. The summed E-state index contributed by atoms with van der Waals surface area (Å²) in [6, 6.07) is 17.0. The maximum absolute atomic E-state index is 12.2. The van der Waals surface area contributed by atoms with E-state index in [1.54, 1.807) is 42.3 Å². The summed E-state index contributed by atoms with van der Waals surface area (Å²) >= 11 is 0. The van der Waals surface area contributed by atoms with Gasteiger partial charge >= 0.3 is 0 Å². The van der Waals surface area contributed by atoms with Gasteiger partial charge in [0, 0.05) is 11.8 Å². The highest BCUT2D eigenvalue weighted by Crippen LogP contribution is 2.14. The van der Waals surface area contributed by atoms with Crippen molar-refractivity contribution >= 4 is 11.6 Å². The number of nitrogens with zero attached hydrogens (tertiary/aromatic N) is 2. The first-order valence-electron chi connectivity index (χ1n) is 7.26. The van der Waals surface area contributed by atoms with Gasteiger partial charge in [-0.1, -0.05) is 30.3 Å². The maximum Gasteiger partial charge on any atom is 0.255 e. The van der Waals surface area contributed by atoms with Crippen molar-refractivity contribution in [3.05, 3.63) is 78.1 Å². The van der Waals surface area contributed by atoms with Crippen LogP contribution in [0, 0.1) is 0 Å². The molecule has 2 aromatic carbocycles. The number of nitrogens with one attached hydrogen (secondary N) is 1. The summed E-state index contributed by atoms with van der Waals surface area (Å²) in [6.45, 7) is 0.666. The molecule has 1 heterocycles. The van der Waals surface area contributed by atoms with Gasteiger partial charge < -0.3 is 10.1 Å². The first-order valence-corrected chi connectivity index (χ1v) is 7.26. The van der Waals surface area contributed by atoms with Crippen molar-refractivity contribution in [2.75, 3.05) is 12.4 Å². The quantitative estimate of drug-likeness (QED) is 0.787. The summed E-state index contributed by atoms with van der Waals surface area (Å²) in [6.07, 6.45) is 3.46. The van der Waals surface area contributed by atoms with Crippen LogP contribution in [0.5, 0.6) is 5.75 Å². The molecule has 3 aromatic rings. The molecule has 0 bridgehead atoms. The average molecular weight is 307 g/mol. The Bertz CT molecular complexity index is 780. The average Bonchev–Trinajstić information content (AvgIpc) is 3.02. The molecule has 116 valence electrons. The SMILES string of the molecule is COc1ccc(C(=O)Nc2cnn(Cc3ccccc3)c2)cc1. The molecule has 0 saturated carbocycles. The van der Waals surface area contributed by atoms with Gasteiger partial charge in [0.15, 0.2) is 0 Å². The molecule has 0 aliphatic rings. The zero-order valence-corrected chi connectivity index (χ0v) is 12.8. The largest absolute Gasteiger partial charge is 0.497 e. The molecule has 1 aromatic heterocycles. The highest BCUT2D eigenvalue weighted by molar-refractivity contribution is 6.04. The van der Waals surface area contributed by atoms with Crippen LogP contribution in [0.1, 0.15) is 15.9 Å². The topological polar surface area (TPSA) is 56.1 Å². The Morgan fingerprint density at radius 3 is 2.57 bits per heavy atom. The molecule has 0 saturated heterocycles. The standard InChI is InChI=1S/C18H17N3O2/c1-23-17-9-7-15(8-10-17)18(22)20-16-11-19-21(13-16)12-14-5-3-2-4-6-14/h2-11,13H,12H2,1H3,(H,20,22). The number of aromatic nitrogens is 2. The fraction of sp³-hybridized carbons (Fsp3) is 0.111. The summed E-state index contributed by atoms with van der Waals surface area (Å²) in [5.74, 6) is 0.546. The molecule has 0 unspecified atom stereocenters. The van der Waals surface area contributed by atoms with Crippen LogP contribution in [0.25, 0.3) is 0 Å². The zero-order valence-electron chi connectivity index (χ0n) is 12.8. The van der Waals surface area contributed by atoms with E-state index >= 15 is 0 Å². The van der Waals surface area contributed by atoms with Gasteiger partial charge in [0.1, 0.15) is 5.75 Å². The monoisotopic (exact) mass is 307 g/mol. The van der Waals surface area contributed by atoms with Crippen LogP contribution in [-0.4, -0.2) is 22.8 Å². The highest BCUT2D eigenvalue weighted by atomic mass is 16.5. The number of ether oxygens (including phenoxy) is 1. The lowest BCUT2D eigenvalue weighted by atomic mass is 10.2. The Morgan fingerprint density at radius 1 is 1.13 bits per heavy atom. The fourth-order valence-electron chi connectivity index (χ4n) is 2.23. The van der Waals surface area contributed by atoms with Crippen LogP contribution >= 0.6 is 0 Å². The molecule has 5 heteroatoms. The summed E-state index contributed by atoms with van der Waals surface area (Å²) < 4.78 is 6.87. The number of carbonyl (C=O) groups excluding carboxylic acids is 1. The third-order valence-corrected chi connectivity index (χ3v) is 3.43. The van der Waals surface area contributed by atoms with Gasteiger partial charge in [-0.2, -0.15) is 5.10 Å². The van der Waals surface area contributed by atoms with Crippen LogP contribution in [0.2, 0.25) is 0 Å². The lowest BCUT2D eigenvalue weighted by Crippen LogP contribution is -2.11. The Labute approximate surface area is 134 Å². The van der Waals surface area contributed by atoms with Crippen molar-refractivity contribution in [1.29, 1.82) is 0 Å². The van der Waals surface area contributed by atoms with Gasteiger partial charge in [-0.05, 0) is 29.8 Å². The van der Waals surface area contributed by atoms with Gasteiger partial charge in [0.2, 0.25) is 0 Å². The van der Waals surface area contributed by atoms with Crippen LogP contribution in [0.3, 0.4) is 0 Å². The predicted molar refractivity (Wildman–Crippen MR) is 88.7 cm³/mol. The van der Waals surface area contributed by atoms with E-state index in [0.29, 0.717) is 17.8 Å². The van der Waals surface area contributed by atoms with Crippen molar-refractivity contribution in [3.63, 3.8) is 0 Å². The molecule has 0 aliphatic heterocycles. The number of hydrogen-bond donors (Lipinski definition) is 1. The first-order chi connectivity index (χ1) is 11.2.